The lowest BCUT2D eigenvalue weighted by molar-refractivity contribution is -0.152. The van der Waals surface area contributed by atoms with E-state index < -0.39 is 6.10 Å². The van der Waals surface area contributed by atoms with Gasteiger partial charge < -0.3 is 14.6 Å². The molecule has 0 bridgehead atoms. The van der Waals surface area contributed by atoms with Gasteiger partial charge in [-0.2, -0.15) is 0 Å². The van der Waals surface area contributed by atoms with Crippen molar-refractivity contribution in [2.24, 2.45) is 11.8 Å². The van der Waals surface area contributed by atoms with Crippen LogP contribution >= 0.6 is 0 Å². The van der Waals surface area contributed by atoms with Crippen LogP contribution in [0.25, 0.3) is 0 Å². The molecule has 0 saturated heterocycles. The topological polar surface area (TPSA) is 72.8 Å². The van der Waals surface area contributed by atoms with Gasteiger partial charge >= 0.3 is 11.9 Å². The van der Waals surface area contributed by atoms with Crippen molar-refractivity contribution in [1.82, 2.24) is 0 Å². The highest BCUT2D eigenvalue weighted by molar-refractivity contribution is 5.69. The van der Waals surface area contributed by atoms with E-state index in [0.29, 0.717) is 12.8 Å². The zero-order valence-electron chi connectivity index (χ0n) is 27.9. The van der Waals surface area contributed by atoms with Gasteiger partial charge in [-0.1, -0.05) is 163 Å². The van der Waals surface area contributed by atoms with Gasteiger partial charge in [-0.25, -0.2) is 0 Å². The summed E-state index contributed by atoms with van der Waals surface area (Å²) in [5, 5.41) is 9.97. The number of ether oxygens (including phenoxy) is 2. The first kappa shape index (κ1) is 39.9. The Bertz CT molecular complexity index is 574. The third-order valence-corrected chi connectivity index (χ3v) is 7.95. The lowest BCUT2D eigenvalue weighted by Gasteiger charge is -2.12. The fourth-order valence-electron chi connectivity index (χ4n) is 5.22. The third kappa shape index (κ3) is 33.3. The lowest BCUT2D eigenvalue weighted by atomic mass is 10.0. The summed E-state index contributed by atoms with van der Waals surface area (Å²) in [6.45, 7) is 8.96. The maximum absolute atomic E-state index is 11.9. The van der Waals surface area contributed by atoms with Crippen molar-refractivity contribution < 1.29 is 24.2 Å². The van der Waals surface area contributed by atoms with Crippen molar-refractivity contribution in [3.8, 4) is 0 Å². The van der Waals surface area contributed by atoms with Crippen LogP contribution in [0.2, 0.25) is 0 Å². The van der Waals surface area contributed by atoms with E-state index >= 15 is 0 Å². The van der Waals surface area contributed by atoms with Crippen LogP contribution in [0.1, 0.15) is 188 Å². The van der Waals surface area contributed by atoms with Crippen LogP contribution in [0, 0.1) is 11.8 Å². The molecule has 5 heteroatoms. The number of hydrogen-bond acceptors (Lipinski definition) is 5. The zero-order valence-corrected chi connectivity index (χ0v) is 27.9. The molecule has 41 heavy (non-hydrogen) atoms. The second kappa shape index (κ2) is 30.4. The van der Waals surface area contributed by atoms with Gasteiger partial charge in [0.15, 0.2) is 0 Å². The van der Waals surface area contributed by atoms with Crippen LogP contribution in [0.4, 0.5) is 0 Å². The predicted molar refractivity (Wildman–Crippen MR) is 173 cm³/mol. The van der Waals surface area contributed by atoms with Gasteiger partial charge in [0, 0.05) is 12.8 Å². The van der Waals surface area contributed by atoms with Crippen LogP contribution in [0.15, 0.2) is 0 Å². The Hall–Kier alpha value is -1.10. The Morgan fingerprint density at radius 2 is 0.683 bits per heavy atom. The monoisotopic (exact) mass is 583 g/mol. The van der Waals surface area contributed by atoms with Crippen LogP contribution in [0.3, 0.4) is 0 Å². The molecule has 1 atom stereocenters. The van der Waals surface area contributed by atoms with Gasteiger partial charge in [-0.3, -0.25) is 9.59 Å². The van der Waals surface area contributed by atoms with Gasteiger partial charge in [0.25, 0.3) is 0 Å². The summed E-state index contributed by atoms with van der Waals surface area (Å²) in [4.78, 5) is 23.8. The first-order valence-corrected chi connectivity index (χ1v) is 17.8. The van der Waals surface area contributed by atoms with E-state index in [4.69, 9.17) is 9.47 Å². The van der Waals surface area contributed by atoms with Crippen molar-refractivity contribution in [2.75, 3.05) is 13.2 Å². The summed E-state index contributed by atoms with van der Waals surface area (Å²) < 4.78 is 10.3. The van der Waals surface area contributed by atoms with E-state index in [1.807, 2.05) is 0 Å². The first-order chi connectivity index (χ1) is 19.8. The summed E-state index contributed by atoms with van der Waals surface area (Å²) in [6, 6.07) is 0. The Labute approximate surface area is 255 Å². The van der Waals surface area contributed by atoms with Crippen molar-refractivity contribution in [1.29, 1.82) is 0 Å². The number of rotatable bonds is 31. The Morgan fingerprint density at radius 3 is 0.951 bits per heavy atom. The molecule has 0 rings (SSSR count). The molecule has 0 fully saturated rings. The summed E-state index contributed by atoms with van der Waals surface area (Å²) in [7, 11) is 0. The van der Waals surface area contributed by atoms with Crippen molar-refractivity contribution in [3.05, 3.63) is 0 Å². The van der Waals surface area contributed by atoms with E-state index in [9.17, 15) is 14.7 Å². The van der Waals surface area contributed by atoms with Crippen LogP contribution in [-0.2, 0) is 19.1 Å². The van der Waals surface area contributed by atoms with Gasteiger partial charge in [0.05, 0.1) is 0 Å². The molecular formula is C36H70O5. The Balaban J connectivity index is 3.40. The van der Waals surface area contributed by atoms with E-state index in [1.165, 1.54) is 116 Å². The van der Waals surface area contributed by atoms with E-state index in [2.05, 4.69) is 27.7 Å². The zero-order chi connectivity index (χ0) is 30.4. The molecule has 0 aromatic heterocycles. The highest BCUT2D eigenvalue weighted by atomic mass is 16.6. The van der Waals surface area contributed by atoms with Crippen LogP contribution in [-0.4, -0.2) is 36.4 Å². The minimum atomic E-state index is -0.955. The van der Waals surface area contributed by atoms with E-state index in [-0.39, 0.29) is 25.2 Å². The number of carbonyl (C=O) groups is 2. The van der Waals surface area contributed by atoms with Crippen molar-refractivity contribution in [3.63, 3.8) is 0 Å². The molecule has 0 radical (unpaired) electrons. The molecule has 0 unspecified atom stereocenters. The molecule has 0 aliphatic rings. The third-order valence-electron chi connectivity index (χ3n) is 7.95. The largest absolute Gasteiger partial charge is 0.463 e. The SMILES string of the molecule is CC(C)CCCCCCCCCCCCCCCC(=O)OC[C@@H](O)COC(=O)CCCCCCCCCCC(C)C. The molecule has 244 valence electrons. The molecule has 0 aromatic rings. The number of aliphatic hydroxyl groups excluding tert-OH is 1. The number of unbranched alkanes of at least 4 members (excludes halogenated alkanes) is 19. The molecule has 0 amide bonds. The molecule has 0 heterocycles. The van der Waals surface area contributed by atoms with Crippen molar-refractivity contribution in [2.45, 2.75) is 194 Å². The van der Waals surface area contributed by atoms with E-state index in [0.717, 1.165) is 43.9 Å². The highest BCUT2D eigenvalue weighted by Crippen LogP contribution is 2.15. The molecule has 1 N–H and O–H groups in total. The summed E-state index contributed by atoms with van der Waals surface area (Å²) in [5.74, 6) is 1.10. The molecule has 5 nitrogen and oxygen atoms in total. The smallest absolute Gasteiger partial charge is 0.305 e. The number of aliphatic hydroxyl groups is 1. The molecular weight excluding hydrogens is 512 g/mol. The minimum Gasteiger partial charge on any atom is -0.463 e. The normalized spacial score (nSPS) is 12.3. The number of esters is 2. The quantitative estimate of drug-likeness (QED) is 0.0650. The molecule has 0 aliphatic heterocycles. The highest BCUT2D eigenvalue weighted by Gasteiger charge is 2.12. The fourth-order valence-corrected chi connectivity index (χ4v) is 5.22. The Kier molecular flexibility index (Phi) is 29.5. The van der Waals surface area contributed by atoms with Gasteiger partial charge in [0.2, 0.25) is 0 Å². The number of hydrogen-bond donors (Lipinski definition) is 1. The second-order valence-corrected chi connectivity index (χ2v) is 13.3. The lowest BCUT2D eigenvalue weighted by Crippen LogP contribution is -2.25. The summed E-state index contributed by atoms with van der Waals surface area (Å²) >= 11 is 0. The summed E-state index contributed by atoms with van der Waals surface area (Å²) in [6.07, 6.45) is 28.7. The molecule has 0 spiro atoms. The standard InChI is InChI=1S/C36H70O5/c1-32(2)26-22-18-14-10-8-6-5-7-9-11-16-20-24-28-35(38)40-30-34(37)31-41-36(39)29-25-21-17-13-12-15-19-23-27-33(3)4/h32-34,37H,5-31H2,1-4H3/t34-/m1/s1. The van der Waals surface area contributed by atoms with Crippen LogP contribution in [0.5, 0.6) is 0 Å². The van der Waals surface area contributed by atoms with Gasteiger partial charge in [-0.15, -0.1) is 0 Å². The minimum absolute atomic E-state index is 0.110. The first-order valence-electron chi connectivity index (χ1n) is 17.8. The molecule has 0 aromatic carbocycles. The summed E-state index contributed by atoms with van der Waals surface area (Å²) in [5.41, 5.74) is 0. The van der Waals surface area contributed by atoms with Crippen molar-refractivity contribution >= 4 is 11.9 Å². The molecule has 0 aliphatic carbocycles. The average Bonchev–Trinajstić information content (AvgIpc) is 2.93. The van der Waals surface area contributed by atoms with Gasteiger partial charge in [0.1, 0.15) is 19.3 Å². The van der Waals surface area contributed by atoms with Crippen LogP contribution < -0.4 is 0 Å². The number of carbonyl (C=O) groups excluding carboxylic acids is 2. The second-order valence-electron chi connectivity index (χ2n) is 13.3. The fraction of sp³-hybridized carbons (Fsp3) is 0.944. The molecule has 0 saturated carbocycles. The van der Waals surface area contributed by atoms with E-state index in [1.54, 1.807) is 0 Å². The Morgan fingerprint density at radius 1 is 0.439 bits per heavy atom. The maximum atomic E-state index is 11.9. The van der Waals surface area contributed by atoms with Gasteiger partial charge in [-0.05, 0) is 24.7 Å². The predicted octanol–water partition coefficient (Wildman–Crippen LogP) is 10.5. The maximum Gasteiger partial charge on any atom is 0.305 e. The average molecular weight is 583 g/mol.